The molecule has 0 aromatic heterocycles. The van der Waals surface area contributed by atoms with Crippen LogP contribution in [0.2, 0.25) is 0 Å². The van der Waals surface area contributed by atoms with Gasteiger partial charge in [-0.1, -0.05) is 111 Å². The minimum atomic E-state index is -1.78. The number of carboxylic acid groups (broad SMARTS) is 1. The van der Waals surface area contributed by atoms with E-state index in [1.54, 1.807) is 0 Å². The summed E-state index contributed by atoms with van der Waals surface area (Å²) in [6.45, 7) is 2.11. The fourth-order valence-electron chi connectivity index (χ4n) is 4.33. The molecular weight excluding hydrogens is 483 g/mol. The first-order valence-electron chi connectivity index (χ1n) is 12.5. The van der Waals surface area contributed by atoms with Gasteiger partial charge in [0.2, 0.25) is 0 Å². The number of rotatable bonds is 10. The van der Waals surface area contributed by atoms with Crippen LogP contribution in [0, 0.1) is 0 Å². The molecule has 1 N–H and O–H groups in total. The largest absolute Gasteiger partial charge is 0.481 e. The van der Waals surface area contributed by atoms with Crippen molar-refractivity contribution in [3.8, 4) is 0 Å². The zero-order chi connectivity index (χ0) is 24.8. The molecular formula is C32H37ClO2P+. The molecule has 4 aromatic carbocycles. The number of halogens is 1. The average Bonchev–Trinajstić information content (AvgIpc) is 2.92. The van der Waals surface area contributed by atoms with Gasteiger partial charge in [-0.2, -0.15) is 0 Å². The Labute approximate surface area is 223 Å². The quantitative estimate of drug-likeness (QED) is 0.172. The van der Waals surface area contributed by atoms with Crippen molar-refractivity contribution < 1.29 is 9.90 Å². The molecule has 0 bridgehead atoms. The lowest BCUT2D eigenvalue weighted by Gasteiger charge is -2.27. The van der Waals surface area contributed by atoms with E-state index >= 15 is 0 Å². The van der Waals surface area contributed by atoms with Gasteiger partial charge < -0.3 is 5.11 Å². The highest BCUT2D eigenvalue weighted by atomic mass is 35.5. The Morgan fingerprint density at radius 3 is 1.36 bits per heavy atom. The SMILES string of the molecule is CCCCCCC(=O)O.Cl.c1ccc(C[P+](c2ccccc2)(c2ccccc2)c2ccccc2)cc1. The summed E-state index contributed by atoms with van der Waals surface area (Å²) in [5, 5.41) is 12.5. The van der Waals surface area contributed by atoms with Gasteiger partial charge in [0.05, 0.1) is 6.16 Å². The van der Waals surface area contributed by atoms with Crippen LogP contribution in [-0.4, -0.2) is 11.1 Å². The van der Waals surface area contributed by atoms with Crippen LogP contribution in [0.4, 0.5) is 0 Å². The maximum atomic E-state index is 9.96. The van der Waals surface area contributed by atoms with Crippen LogP contribution < -0.4 is 15.9 Å². The van der Waals surface area contributed by atoms with Gasteiger partial charge in [-0.3, -0.25) is 4.79 Å². The molecule has 0 aliphatic heterocycles. The standard InChI is InChI=1S/C25H22P.C7H14O2.ClH/c1-5-13-22(14-6-1)21-26(23-15-7-2-8-16-23,24-17-9-3-10-18-24)25-19-11-4-12-20-25;1-2-3-4-5-6-7(8)9;/h1-20H,21H2;2-6H2,1H3,(H,8,9);1H/q+1;;. The van der Waals surface area contributed by atoms with Gasteiger partial charge >= 0.3 is 5.97 Å². The third-order valence-corrected chi connectivity index (χ3v) is 10.5. The van der Waals surface area contributed by atoms with Crippen molar-refractivity contribution in [2.45, 2.75) is 45.2 Å². The molecule has 0 aliphatic carbocycles. The predicted molar refractivity (Wildman–Crippen MR) is 159 cm³/mol. The zero-order valence-electron chi connectivity index (χ0n) is 21.0. The van der Waals surface area contributed by atoms with Gasteiger partial charge in [0.15, 0.2) is 0 Å². The maximum absolute atomic E-state index is 9.96. The van der Waals surface area contributed by atoms with E-state index in [4.69, 9.17) is 5.11 Å². The van der Waals surface area contributed by atoms with Crippen molar-refractivity contribution in [1.82, 2.24) is 0 Å². The first-order valence-corrected chi connectivity index (χ1v) is 14.4. The Bertz CT molecular complexity index is 1020. The Morgan fingerprint density at radius 1 is 0.611 bits per heavy atom. The molecule has 36 heavy (non-hydrogen) atoms. The molecule has 0 heterocycles. The third kappa shape index (κ3) is 8.33. The molecule has 188 valence electrons. The molecule has 0 amide bonds. The third-order valence-electron chi connectivity index (χ3n) is 6.10. The van der Waals surface area contributed by atoms with Crippen LogP contribution in [0.5, 0.6) is 0 Å². The van der Waals surface area contributed by atoms with Gasteiger partial charge in [0.1, 0.15) is 23.2 Å². The van der Waals surface area contributed by atoms with Crippen LogP contribution in [0.15, 0.2) is 121 Å². The Hall–Kier alpha value is -2.93. The van der Waals surface area contributed by atoms with Gasteiger partial charge in [-0.15, -0.1) is 12.4 Å². The van der Waals surface area contributed by atoms with Crippen molar-refractivity contribution in [2.24, 2.45) is 0 Å². The first kappa shape index (κ1) is 29.3. The lowest BCUT2D eigenvalue weighted by molar-refractivity contribution is -0.137. The van der Waals surface area contributed by atoms with E-state index in [9.17, 15) is 4.79 Å². The summed E-state index contributed by atoms with van der Waals surface area (Å²) in [7, 11) is -1.78. The Kier molecular flexibility index (Phi) is 13.0. The number of benzene rings is 4. The molecule has 4 heteroatoms. The predicted octanol–water partition coefficient (Wildman–Crippen LogP) is 7.64. The highest BCUT2D eigenvalue weighted by molar-refractivity contribution is 7.95. The topological polar surface area (TPSA) is 37.3 Å². The monoisotopic (exact) mass is 519 g/mol. The molecule has 0 fully saturated rings. The van der Waals surface area contributed by atoms with Gasteiger partial charge in [0.25, 0.3) is 0 Å². The number of hydrogen-bond acceptors (Lipinski definition) is 1. The molecule has 0 aliphatic rings. The lowest BCUT2D eigenvalue weighted by atomic mass is 10.2. The van der Waals surface area contributed by atoms with Crippen LogP contribution in [0.1, 0.15) is 44.6 Å². The minimum absolute atomic E-state index is 0. The van der Waals surface area contributed by atoms with Crippen molar-refractivity contribution in [3.05, 3.63) is 127 Å². The highest BCUT2D eigenvalue weighted by Gasteiger charge is 2.45. The smallest absolute Gasteiger partial charge is 0.303 e. The van der Waals surface area contributed by atoms with Gasteiger partial charge in [-0.25, -0.2) is 0 Å². The minimum Gasteiger partial charge on any atom is -0.481 e. The molecule has 4 rings (SSSR count). The van der Waals surface area contributed by atoms with E-state index in [1.165, 1.54) is 27.9 Å². The van der Waals surface area contributed by atoms with E-state index in [-0.39, 0.29) is 12.4 Å². The maximum Gasteiger partial charge on any atom is 0.303 e. The fourth-order valence-corrected chi connectivity index (χ4v) is 8.57. The Balaban J connectivity index is 0.000000394. The van der Waals surface area contributed by atoms with Crippen molar-refractivity contribution in [1.29, 1.82) is 0 Å². The second kappa shape index (κ2) is 15.9. The van der Waals surface area contributed by atoms with Crippen molar-refractivity contribution in [2.75, 3.05) is 0 Å². The molecule has 4 aromatic rings. The summed E-state index contributed by atoms with van der Waals surface area (Å²) in [5.41, 5.74) is 1.39. The van der Waals surface area contributed by atoms with Crippen molar-refractivity contribution in [3.63, 3.8) is 0 Å². The number of unbranched alkanes of at least 4 members (excludes halogenated alkanes) is 3. The molecule has 0 radical (unpaired) electrons. The summed E-state index contributed by atoms with van der Waals surface area (Å²) in [4.78, 5) is 9.96. The van der Waals surface area contributed by atoms with E-state index in [0.29, 0.717) is 6.42 Å². The number of carboxylic acids is 1. The molecule has 0 spiro atoms. The van der Waals surface area contributed by atoms with Crippen LogP contribution in [0.25, 0.3) is 0 Å². The molecule has 0 saturated heterocycles. The fraction of sp³-hybridized carbons (Fsp3) is 0.219. The molecule has 0 atom stereocenters. The molecule has 0 saturated carbocycles. The summed E-state index contributed by atoms with van der Waals surface area (Å²) in [5.74, 6) is -0.675. The van der Waals surface area contributed by atoms with Crippen LogP contribution >= 0.6 is 19.7 Å². The summed E-state index contributed by atoms with van der Waals surface area (Å²) in [6.07, 6.45) is 5.59. The van der Waals surface area contributed by atoms with Gasteiger partial charge in [0, 0.05) is 6.42 Å². The van der Waals surface area contributed by atoms with Crippen LogP contribution in [-0.2, 0) is 11.0 Å². The van der Waals surface area contributed by atoms with Gasteiger partial charge in [-0.05, 0) is 48.4 Å². The Morgan fingerprint density at radius 2 is 1.00 bits per heavy atom. The van der Waals surface area contributed by atoms with E-state index in [2.05, 4.69) is 128 Å². The van der Waals surface area contributed by atoms with Crippen molar-refractivity contribution >= 4 is 41.6 Å². The number of carbonyl (C=O) groups is 1. The van der Waals surface area contributed by atoms with E-state index < -0.39 is 13.2 Å². The van der Waals surface area contributed by atoms with E-state index in [1.807, 2.05) is 0 Å². The van der Waals surface area contributed by atoms with E-state index in [0.717, 1.165) is 25.4 Å². The lowest BCUT2D eigenvalue weighted by Crippen LogP contribution is -2.32. The normalized spacial score (nSPS) is 10.5. The summed E-state index contributed by atoms with van der Waals surface area (Å²) < 4.78 is 0. The average molecular weight is 520 g/mol. The highest BCUT2D eigenvalue weighted by Crippen LogP contribution is 2.58. The zero-order valence-corrected chi connectivity index (χ0v) is 22.7. The van der Waals surface area contributed by atoms with Crippen LogP contribution in [0.3, 0.4) is 0 Å². The number of aliphatic carboxylic acids is 1. The number of hydrogen-bond donors (Lipinski definition) is 1. The second-order valence-corrected chi connectivity index (χ2v) is 12.1. The summed E-state index contributed by atoms with van der Waals surface area (Å²) >= 11 is 0. The molecule has 2 nitrogen and oxygen atoms in total. The first-order chi connectivity index (χ1) is 17.2. The molecule has 0 unspecified atom stereocenters. The summed E-state index contributed by atoms with van der Waals surface area (Å²) in [6, 6.07) is 44.0. The second-order valence-electron chi connectivity index (χ2n) is 8.66.